The molecule has 124 valence electrons. The van der Waals surface area contributed by atoms with E-state index in [1.54, 1.807) is 42.7 Å². The van der Waals surface area contributed by atoms with Crippen molar-refractivity contribution in [2.75, 3.05) is 13.7 Å². The Morgan fingerprint density at radius 1 is 1.29 bits per heavy atom. The first-order valence-corrected chi connectivity index (χ1v) is 8.43. The van der Waals surface area contributed by atoms with Gasteiger partial charge in [-0.3, -0.25) is 4.79 Å². The van der Waals surface area contributed by atoms with Crippen LogP contribution in [0, 0.1) is 0 Å². The second kappa shape index (κ2) is 7.74. The number of ether oxygens (including phenoxy) is 1. The van der Waals surface area contributed by atoms with Gasteiger partial charge < -0.3 is 14.6 Å². The number of nitrogens with one attached hydrogen (secondary N) is 1. The number of aryl methyl sites for hydroxylation is 1. The molecule has 6 nitrogen and oxygen atoms in total. The summed E-state index contributed by atoms with van der Waals surface area (Å²) >= 11 is 1.57. The van der Waals surface area contributed by atoms with Crippen LogP contribution in [-0.4, -0.2) is 29.7 Å². The number of amides is 1. The first-order valence-electron chi connectivity index (χ1n) is 7.55. The van der Waals surface area contributed by atoms with E-state index in [1.165, 1.54) is 0 Å². The van der Waals surface area contributed by atoms with Gasteiger partial charge in [-0.2, -0.15) is 4.98 Å². The molecule has 0 aliphatic rings. The fourth-order valence-corrected chi connectivity index (χ4v) is 2.80. The standard InChI is InChI=1S/C17H17N3O3S/c1-22-13-8-6-12(7-9-13)17(21)18-10-2-5-15-19-16(20-23-15)14-4-3-11-24-14/h3-4,6-9,11H,2,5,10H2,1H3,(H,18,21). The van der Waals surface area contributed by atoms with Crippen molar-refractivity contribution < 1.29 is 14.1 Å². The molecular formula is C17H17N3O3S. The predicted octanol–water partition coefficient (Wildman–Crippen LogP) is 3.17. The lowest BCUT2D eigenvalue weighted by atomic mass is 10.2. The highest BCUT2D eigenvalue weighted by Crippen LogP contribution is 2.21. The van der Waals surface area contributed by atoms with Gasteiger partial charge in [0, 0.05) is 18.5 Å². The highest BCUT2D eigenvalue weighted by molar-refractivity contribution is 7.13. The summed E-state index contributed by atoms with van der Waals surface area (Å²) in [6.45, 7) is 0.543. The normalized spacial score (nSPS) is 10.5. The van der Waals surface area contributed by atoms with Gasteiger partial charge >= 0.3 is 0 Å². The first-order chi connectivity index (χ1) is 11.8. The molecule has 3 rings (SSSR count). The Labute approximate surface area is 143 Å². The van der Waals surface area contributed by atoms with Gasteiger partial charge in [0.15, 0.2) is 0 Å². The first kappa shape index (κ1) is 16.2. The van der Waals surface area contributed by atoms with Crippen LogP contribution >= 0.6 is 11.3 Å². The van der Waals surface area contributed by atoms with Crippen molar-refractivity contribution in [3.63, 3.8) is 0 Å². The molecule has 1 N–H and O–H groups in total. The lowest BCUT2D eigenvalue weighted by Crippen LogP contribution is -2.24. The summed E-state index contributed by atoms with van der Waals surface area (Å²) in [5.74, 6) is 1.81. The van der Waals surface area contributed by atoms with Gasteiger partial charge in [0.1, 0.15) is 5.75 Å². The monoisotopic (exact) mass is 343 g/mol. The SMILES string of the molecule is COc1ccc(C(=O)NCCCc2nc(-c3cccs3)no2)cc1. The maximum absolute atomic E-state index is 12.0. The van der Waals surface area contributed by atoms with E-state index in [-0.39, 0.29) is 5.91 Å². The molecule has 0 unspecified atom stereocenters. The number of benzene rings is 1. The number of methoxy groups -OCH3 is 1. The Bertz CT molecular complexity index is 782. The third-order valence-corrected chi connectivity index (χ3v) is 4.28. The van der Waals surface area contributed by atoms with Crippen LogP contribution in [-0.2, 0) is 6.42 Å². The largest absolute Gasteiger partial charge is 0.497 e. The Balaban J connectivity index is 1.44. The maximum Gasteiger partial charge on any atom is 0.251 e. The van der Waals surface area contributed by atoms with E-state index < -0.39 is 0 Å². The van der Waals surface area contributed by atoms with Crippen molar-refractivity contribution in [2.45, 2.75) is 12.8 Å². The third-order valence-electron chi connectivity index (χ3n) is 3.41. The number of carbonyl (C=O) groups is 1. The van der Waals surface area contributed by atoms with Gasteiger partial charge in [-0.25, -0.2) is 0 Å². The van der Waals surface area contributed by atoms with Crippen LogP contribution in [0.1, 0.15) is 22.7 Å². The molecule has 0 spiro atoms. The van der Waals surface area contributed by atoms with Crippen molar-refractivity contribution >= 4 is 17.2 Å². The highest BCUT2D eigenvalue weighted by atomic mass is 32.1. The molecule has 0 bridgehead atoms. The molecule has 2 aromatic heterocycles. The van der Waals surface area contributed by atoms with Gasteiger partial charge in [0.25, 0.3) is 5.91 Å². The van der Waals surface area contributed by atoms with Crippen LogP contribution in [0.5, 0.6) is 5.75 Å². The van der Waals surface area contributed by atoms with Crippen LogP contribution < -0.4 is 10.1 Å². The molecule has 0 aliphatic heterocycles. The predicted molar refractivity (Wildman–Crippen MR) is 91.3 cm³/mol. The summed E-state index contributed by atoms with van der Waals surface area (Å²) in [5.41, 5.74) is 0.605. The van der Waals surface area contributed by atoms with Crippen LogP contribution in [0.4, 0.5) is 0 Å². The lowest BCUT2D eigenvalue weighted by molar-refractivity contribution is 0.0953. The van der Waals surface area contributed by atoms with Gasteiger partial charge in [-0.05, 0) is 42.1 Å². The zero-order valence-electron chi connectivity index (χ0n) is 13.2. The highest BCUT2D eigenvalue weighted by Gasteiger charge is 2.09. The van der Waals surface area contributed by atoms with Crippen LogP contribution in [0.2, 0.25) is 0 Å². The van der Waals surface area contributed by atoms with E-state index in [1.807, 2.05) is 17.5 Å². The molecule has 0 radical (unpaired) electrons. The molecule has 2 heterocycles. The van der Waals surface area contributed by atoms with Gasteiger partial charge in [0.2, 0.25) is 11.7 Å². The molecule has 0 fully saturated rings. The Morgan fingerprint density at radius 2 is 2.12 bits per heavy atom. The number of carbonyl (C=O) groups excluding carboxylic acids is 1. The summed E-state index contributed by atoms with van der Waals surface area (Å²) < 4.78 is 10.3. The van der Waals surface area contributed by atoms with E-state index in [0.717, 1.165) is 17.0 Å². The van der Waals surface area contributed by atoms with Gasteiger partial charge in [-0.15, -0.1) is 11.3 Å². The van der Waals surface area contributed by atoms with Gasteiger partial charge in [0.05, 0.1) is 12.0 Å². The van der Waals surface area contributed by atoms with Crippen LogP contribution in [0.15, 0.2) is 46.3 Å². The van der Waals surface area contributed by atoms with Crippen molar-refractivity contribution in [1.29, 1.82) is 0 Å². The maximum atomic E-state index is 12.0. The fraction of sp³-hybridized carbons (Fsp3) is 0.235. The van der Waals surface area contributed by atoms with Crippen molar-refractivity contribution in [1.82, 2.24) is 15.5 Å². The molecule has 0 aliphatic carbocycles. The number of rotatable bonds is 7. The Kier molecular flexibility index (Phi) is 5.22. The number of thiophene rings is 1. The molecular weight excluding hydrogens is 326 g/mol. The molecule has 24 heavy (non-hydrogen) atoms. The van der Waals surface area contributed by atoms with E-state index in [0.29, 0.717) is 30.2 Å². The zero-order valence-corrected chi connectivity index (χ0v) is 14.0. The van der Waals surface area contributed by atoms with E-state index in [9.17, 15) is 4.79 Å². The molecule has 0 atom stereocenters. The quantitative estimate of drug-likeness (QED) is 0.667. The number of aromatic nitrogens is 2. The van der Waals surface area contributed by atoms with E-state index in [2.05, 4.69) is 15.5 Å². The molecule has 7 heteroatoms. The summed E-state index contributed by atoms with van der Waals surface area (Å²) in [5, 5.41) is 8.81. The topological polar surface area (TPSA) is 77.2 Å². The minimum Gasteiger partial charge on any atom is -0.497 e. The van der Waals surface area contributed by atoms with Crippen molar-refractivity contribution in [3.05, 3.63) is 53.2 Å². The fourth-order valence-electron chi connectivity index (χ4n) is 2.15. The molecule has 0 saturated carbocycles. The lowest BCUT2D eigenvalue weighted by Gasteiger charge is -2.05. The van der Waals surface area contributed by atoms with Crippen LogP contribution in [0.3, 0.4) is 0 Å². The second-order valence-electron chi connectivity index (χ2n) is 5.08. The summed E-state index contributed by atoms with van der Waals surface area (Å²) in [4.78, 5) is 17.3. The number of nitrogens with zero attached hydrogens (tertiary/aromatic N) is 2. The molecule has 0 saturated heterocycles. The summed E-state index contributed by atoms with van der Waals surface area (Å²) in [7, 11) is 1.59. The average molecular weight is 343 g/mol. The zero-order chi connectivity index (χ0) is 16.8. The van der Waals surface area contributed by atoms with Gasteiger partial charge in [-0.1, -0.05) is 11.2 Å². The average Bonchev–Trinajstić information content (AvgIpc) is 3.30. The summed E-state index contributed by atoms with van der Waals surface area (Å²) in [6, 6.07) is 10.9. The van der Waals surface area contributed by atoms with E-state index in [4.69, 9.17) is 9.26 Å². The smallest absolute Gasteiger partial charge is 0.251 e. The van der Waals surface area contributed by atoms with Crippen molar-refractivity contribution in [2.24, 2.45) is 0 Å². The minimum absolute atomic E-state index is 0.109. The third kappa shape index (κ3) is 3.99. The minimum atomic E-state index is -0.109. The molecule has 1 aromatic carbocycles. The number of hydrogen-bond donors (Lipinski definition) is 1. The second-order valence-corrected chi connectivity index (χ2v) is 6.02. The Hall–Kier alpha value is -2.67. The molecule has 1 amide bonds. The Morgan fingerprint density at radius 3 is 2.83 bits per heavy atom. The summed E-state index contributed by atoms with van der Waals surface area (Å²) in [6.07, 6.45) is 1.36. The molecule has 3 aromatic rings. The van der Waals surface area contributed by atoms with Crippen molar-refractivity contribution in [3.8, 4) is 16.5 Å². The number of hydrogen-bond acceptors (Lipinski definition) is 6. The van der Waals surface area contributed by atoms with Crippen LogP contribution in [0.25, 0.3) is 10.7 Å². The van der Waals surface area contributed by atoms with E-state index >= 15 is 0 Å².